The van der Waals surface area contributed by atoms with Gasteiger partial charge in [-0.25, -0.2) is 4.79 Å². The minimum absolute atomic E-state index is 0.00605. The Bertz CT molecular complexity index is 1030. The minimum Gasteiger partial charge on any atom is -0.466 e. The van der Waals surface area contributed by atoms with Crippen molar-refractivity contribution in [3.8, 4) is 11.4 Å². The molecule has 1 aliphatic rings. The smallest absolute Gasteiger partial charge is 0.317 e. The van der Waals surface area contributed by atoms with Crippen molar-refractivity contribution in [1.82, 2.24) is 25.3 Å². The standard InChI is InChI=1S/C23H29N5O3/c1-15-5-7-19(8-6-15)21-25-22(31-26-21)17(3)27-9-11-28(12-10-27)23(29)24-14-20-13-16(2)30-18(20)4/h5-8,13,17H,9-12,14H2,1-4H3,(H,24,29). The van der Waals surface area contributed by atoms with Gasteiger partial charge >= 0.3 is 6.03 Å². The van der Waals surface area contributed by atoms with Crippen molar-refractivity contribution in [1.29, 1.82) is 0 Å². The van der Waals surface area contributed by atoms with E-state index in [1.165, 1.54) is 5.56 Å². The Morgan fingerprint density at radius 3 is 2.48 bits per heavy atom. The number of urea groups is 1. The number of carbonyl (C=O) groups excluding carboxylic acids is 1. The molecule has 0 aliphatic carbocycles. The second kappa shape index (κ2) is 8.93. The fourth-order valence-corrected chi connectivity index (χ4v) is 3.83. The van der Waals surface area contributed by atoms with Crippen LogP contribution in [-0.4, -0.2) is 52.2 Å². The zero-order valence-corrected chi connectivity index (χ0v) is 18.5. The van der Waals surface area contributed by atoms with Crippen molar-refractivity contribution in [2.45, 2.75) is 40.3 Å². The Hall–Kier alpha value is -3.13. The molecule has 2 amide bonds. The second-order valence-corrected chi connectivity index (χ2v) is 8.12. The number of aromatic nitrogens is 2. The Balaban J connectivity index is 1.29. The van der Waals surface area contributed by atoms with Gasteiger partial charge < -0.3 is 19.2 Å². The molecule has 0 bridgehead atoms. The van der Waals surface area contributed by atoms with Gasteiger partial charge in [0.05, 0.1) is 6.04 Å². The number of nitrogens with zero attached hydrogens (tertiary/aromatic N) is 4. The van der Waals surface area contributed by atoms with Crippen molar-refractivity contribution in [2.24, 2.45) is 0 Å². The van der Waals surface area contributed by atoms with Gasteiger partial charge in [0.25, 0.3) is 0 Å². The molecule has 1 aliphatic heterocycles. The number of benzene rings is 1. The third-order valence-corrected chi connectivity index (χ3v) is 5.83. The fraction of sp³-hybridized carbons (Fsp3) is 0.435. The monoisotopic (exact) mass is 423 g/mol. The van der Waals surface area contributed by atoms with Crippen molar-refractivity contribution >= 4 is 6.03 Å². The number of hydrogen-bond donors (Lipinski definition) is 1. The van der Waals surface area contributed by atoms with E-state index in [1.54, 1.807) is 0 Å². The molecule has 1 aromatic carbocycles. The van der Waals surface area contributed by atoms with Gasteiger partial charge in [0.2, 0.25) is 11.7 Å². The van der Waals surface area contributed by atoms with E-state index in [0.717, 1.165) is 35.7 Å². The highest BCUT2D eigenvalue weighted by molar-refractivity contribution is 5.74. The first-order chi connectivity index (χ1) is 14.9. The highest BCUT2D eigenvalue weighted by Crippen LogP contribution is 2.24. The van der Waals surface area contributed by atoms with Gasteiger partial charge in [0.1, 0.15) is 11.5 Å². The summed E-state index contributed by atoms with van der Waals surface area (Å²) in [6, 6.07) is 9.97. The molecule has 0 radical (unpaired) electrons. The van der Waals surface area contributed by atoms with Crippen LogP contribution < -0.4 is 5.32 Å². The lowest BCUT2D eigenvalue weighted by atomic mass is 10.1. The summed E-state index contributed by atoms with van der Waals surface area (Å²) in [4.78, 5) is 21.2. The minimum atomic E-state index is -0.0509. The summed E-state index contributed by atoms with van der Waals surface area (Å²) in [6.45, 7) is 11.2. The molecule has 31 heavy (non-hydrogen) atoms. The summed E-state index contributed by atoms with van der Waals surface area (Å²) in [7, 11) is 0. The van der Waals surface area contributed by atoms with E-state index >= 15 is 0 Å². The topological polar surface area (TPSA) is 87.6 Å². The Morgan fingerprint density at radius 1 is 1.13 bits per heavy atom. The molecule has 0 saturated carbocycles. The molecule has 1 N–H and O–H groups in total. The maximum Gasteiger partial charge on any atom is 0.317 e. The van der Waals surface area contributed by atoms with Gasteiger partial charge in [0, 0.05) is 43.9 Å². The quantitative estimate of drug-likeness (QED) is 0.671. The lowest BCUT2D eigenvalue weighted by molar-refractivity contribution is 0.0999. The molecule has 8 heteroatoms. The van der Waals surface area contributed by atoms with Crippen LogP contribution >= 0.6 is 0 Å². The maximum absolute atomic E-state index is 12.5. The SMILES string of the molecule is Cc1ccc(-c2noc(C(C)N3CCN(C(=O)NCc4cc(C)oc4C)CC3)n2)cc1. The highest BCUT2D eigenvalue weighted by atomic mass is 16.5. The number of furan rings is 1. The van der Waals surface area contributed by atoms with Gasteiger partial charge in [-0.15, -0.1) is 0 Å². The van der Waals surface area contributed by atoms with Gasteiger partial charge in [0.15, 0.2) is 0 Å². The predicted molar refractivity (Wildman–Crippen MR) is 116 cm³/mol. The third-order valence-electron chi connectivity index (χ3n) is 5.83. The van der Waals surface area contributed by atoms with E-state index in [4.69, 9.17) is 8.94 Å². The molecule has 2 aromatic heterocycles. The first-order valence-electron chi connectivity index (χ1n) is 10.6. The molecule has 3 aromatic rings. The lowest BCUT2D eigenvalue weighted by Crippen LogP contribution is -2.52. The normalized spacial score (nSPS) is 15.8. The van der Waals surface area contributed by atoms with Crippen LogP contribution in [0.3, 0.4) is 0 Å². The summed E-state index contributed by atoms with van der Waals surface area (Å²) >= 11 is 0. The number of nitrogens with one attached hydrogen (secondary N) is 1. The van der Waals surface area contributed by atoms with Crippen molar-refractivity contribution in [3.05, 3.63) is 58.9 Å². The first-order valence-corrected chi connectivity index (χ1v) is 10.6. The van der Waals surface area contributed by atoms with Gasteiger partial charge in [-0.3, -0.25) is 4.90 Å². The second-order valence-electron chi connectivity index (χ2n) is 8.12. The maximum atomic E-state index is 12.5. The number of aryl methyl sites for hydroxylation is 3. The molecular weight excluding hydrogens is 394 g/mol. The molecule has 1 unspecified atom stereocenters. The van der Waals surface area contributed by atoms with E-state index in [0.29, 0.717) is 31.3 Å². The average Bonchev–Trinajstić information content (AvgIpc) is 3.38. The van der Waals surface area contributed by atoms with Crippen LogP contribution in [0.15, 0.2) is 39.3 Å². The van der Waals surface area contributed by atoms with Crippen molar-refractivity contribution < 1.29 is 13.7 Å². The van der Waals surface area contributed by atoms with Crippen LogP contribution in [-0.2, 0) is 6.54 Å². The van der Waals surface area contributed by atoms with E-state index in [-0.39, 0.29) is 12.1 Å². The van der Waals surface area contributed by atoms with Gasteiger partial charge in [-0.2, -0.15) is 4.98 Å². The molecule has 1 atom stereocenters. The first kappa shape index (κ1) is 21.1. The Kier molecular flexibility index (Phi) is 6.08. The predicted octanol–water partition coefficient (Wildman–Crippen LogP) is 3.84. The van der Waals surface area contributed by atoms with Crippen LogP contribution in [0.4, 0.5) is 4.79 Å². The number of amides is 2. The highest BCUT2D eigenvalue weighted by Gasteiger charge is 2.27. The number of carbonyl (C=O) groups is 1. The van der Waals surface area contributed by atoms with Crippen LogP contribution in [0.1, 0.15) is 41.5 Å². The lowest BCUT2D eigenvalue weighted by Gasteiger charge is -2.36. The molecule has 1 saturated heterocycles. The van der Waals surface area contributed by atoms with E-state index < -0.39 is 0 Å². The Labute approximate surface area is 182 Å². The largest absolute Gasteiger partial charge is 0.466 e. The number of hydrogen-bond acceptors (Lipinski definition) is 6. The number of piperazine rings is 1. The van der Waals surface area contributed by atoms with E-state index in [2.05, 4.69) is 27.3 Å². The van der Waals surface area contributed by atoms with Crippen LogP contribution in [0.5, 0.6) is 0 Å². The molecule has 3 heterocycles. The van der Waals surface area contributed by atoms with E-state index in [9.17, 15) is 4.79 Å². The molecule has 0 spiro atoms. The zero-order valence-electron chi connectivity index (χ0n) is 18.5. The molecule has 8 nitrogen and oxygen atoms in total. The zero-order chi connectivity index (χ0) is 22.0. The number of rotatable bonds is 5. The molecule has 164 valence electrons. The summed E-state index contributed by atoms with van der Waals surface area (Å²) in [6.07, 6.45) is 0. The van der Waals surface area contributed by atoms with Crippen molar-refractivity contribution in [3.63, 3.8) is 0 Å². The fourth-order valence-electron chi connectivity index (χ4n) is 3.83. The van der Waals surface area contributed by atoms with Crippen molar-refractivity contribution in [2.75, 3.05) is 26.2 Å². The Morgan fingerprint density at radius 2 is 1.84 bits per heavy atom. The third kappa shape index (κ3) is 4.80. The summed E-state index contributed by atoms with van der Waals surface area (Å²) in [5.74, 6) is 2.90. The summed E-state index contributed by atoms with van der Waals surface area (Å²) in [5, 5.41) is 7.13. The van der Waals surface area contributed by atoms with E-state index in [1.807, 2.05) is 56.0 Å². The van der Waals surface area contributed by atoms with Gasteiger partial charge in [-0.05, 0) is 33.8 Å². The van der Waals surface area contributed by atoms with Crippen LogP contribution in [0, 0.1) is 20.8 Å². The van der Waals surface area contributed by atoms with Gasteiger partial charge in [-0.1, -0.05) is 35.0 Å². The molecular formula is C23H29N5O3. The average molecular weight is 424 g/mol. The molecule has 1 fully saturated rings. The van der Waals surface area contributed by atoms with Crippen LogP contribution in [0.25, 0.3) is 11.4 Å². The summed E-state index contributed by atoms with van der Waals surface area (Å²) < 4.78 is 11.1. The van der Waals surface area contributed by atoms with Crippen LogP contribution in [0.2, 0.25) is 0 Å². The molecule has 4 rings (SSSR count). The summed E-state index contributed by atoms with van der Waals surface area (Å²) in [5.41, 5.74) is 3.15.